The van der Waals surface area contributed by atoms with E-state index in [0.29, 0.717) is 6.54 Å². The third kappa shape index (κ3) is 3.18. The van der Waals surface area contributed by atoms with Gasteiger partial charge in [0.2, 0.25) is 0 Å². The van der Waals surface area contributed by atoms with Gasteiger partial charge in [-0.15, -0.1) is 0 Å². The van der Waals surface area contributed by atoms with E-state index in [1.807, 2.05) is 6.07 Å². The van der Waals surface area contributed by atoms with Crippen molar-refractivity contribution in [1.82, 2.24) is 10.2 Å². The Morgan fingerprint density at radius 3 is 2.71 bits per heavy atom. The van der Waals surface area contributed by atoms with E-state index < -0.39 is 0 Å². The smallest absolute Gasteiger partial charge is 0.146 e. The van der Waals surface area contributed by atoms with Gasteiger partial charge < -0.3 is 5.32 Å². The van der Waals surface area contributed by atoms with Gasteiger partial charge in [0, 0.05) is 38.3 Å². The lowest BCUT2D eigenvalue weighted by Gasteiger charge is -2.27. The van der Waals surface area contributed by atoms with Gasteiger partial charge in [0.15, 0.2) is 0 Å². The molecule has 0 atom stereocenters. The summed E-state index contributed by atoms with van der Waals surface area (Å²) in [7, 11) is 0. The van der Waals surface area contributed by atoms with E-state index in [4.69, 9.17) is 11.6 Å². The normalized spacial score (nSPS) is 17.4. The Hall–Kier alpha value is -0.640. The molecule has 0 unspecified atom stereocenters. The molecule has 0 bridgehead atoms. The SMILES string of the molecule is CCc1cc(Cl)c(F)c(CN2CCNCC2)c1. The zero-order chi connectivity index (χ0) is 12.3. The van der Waals surface area contributed by atoms with E-state index in [2.05, 4.69) is 17.1 Å². The summed E-state index contributed by atoms with van der Waals surface area (Å²) in [6, 6.07) is 3.65. The van der Waals surface area contributed by atoms with Gasteiger partial charge in [-0.2, -0.15) is 0 Å². The number of halogens is 2. The van der Waals surface area contributed by atoms with Gasteiger partial charge in [-0.1, -0.05) is 24.6 Å². The highest BCUT2D eigenvalue weighted by atomic mass is 35.5. The summed E-state index contributed by atoms with van der Waals surface area (Å²) in [5, 5.41) is 3.53. The minimum absolute atomic E-state index is 0.245. The minimum atomic E-state index is -0.262. The fourth-order valence-electron chi connectivity index (χ4n) is 2.14. The molecule has 1 aromatic rings. The summed E-state index contributed by atoms with van der Waals surface area (Å²) in [6.45, 7) is 6.59. The molecule has 0 radical (unpaired) electrons. The summed E-state index contributed by atoms with van der Waals surface area (Å²) in [5.74, 6) is -0.262. The topological polar surface area (TPSA) is 15.3 Å². The van der Waals surface area contributed by atoms with Crippen LogP contribution in [0.4, 0.5) is 4.39 Å². The maximum atomic E-state index is 13.9. The maximum absolute atomic E-state index is 13.9. The van der Waals surface area contributed by atoms with Gasteiger partial charge in [0.1, 0.15) is 5.82 Å². The predicted octanol–water partition coefficient (Wildman–Crippen LogP) is 2.45. The number of aryl methyl sites for hydroxylation is 1. The summed E-state index contributed by atoms with van der Waals surface area (Å²) < 4.78 is 13.9. The number of rotatable bonds is 3. The average molecular weight is 257 g/mol. The van der Waals surface area contributed by atoms with Crippen LogP contribution in [0.2, 0.25) is 5.02 Å². The fraction of sp³-hybridized carbons (Fsp3) is 0.538. The molecule has 4 heteroatoms. The van der Waals surface area contributed by atoms with E-state index >= 15 is 0 Å². The van der Waals surface area contributed by atoms with Crippen LogP contribution in [0.15, 0.2) is 12.1 Å². The zero-order valence-electron chi connectivity index (χ0n) is 10.1. The van der Waals surface area contributed by atoms with Crippen LogP contribution in [0.5, 0.6) is 0 Å². The predicted molar refractivity (Wildman–Crippen MR) is 68.9 cm³/mol. The largest absolute Gasteiger partial charge is 0.314 e. The van der Waals surface area contributed by atoms with Crippen molar-refractivity contribution in [2.75, 3.05) is 26.2 Å². The molecule has 0 aromatic heterocycles. The molecule has 1 aromatic carbocycles. The second-order valence-corrected chi connectivity index (χ2v) is 4.84. The van der Waals surface area contributed by atoms with Crippen LogP contribution in [-0.4, -0.2) is 31.1 Å². The highest BCUT2D eigenvalue weighted by Gasteiger charge is 2.14. The first-order chi connectivity index (χ1) is 8.20. The molecule has 1 fully saturated rings. The van der Waals surface area contributed by atoms with Crippen molar-refractivity contribution in [3.8, 4) is 0 Å². The zero-order valence-corrected chi connectivity index (χ0v) is 10.9. The standard InChI is InChI=1S/C13H18ClFN2/c1-2-10-7-11(13(15)12(14)8-10)9-17-5-3-16-4-6-17/h7-8,16H,2-6,9H2,1H3. The number of piperazine rings is 1. The Bertz CT molecular complexity index is 389. The van der Waals surface area contributed by atoms with Gasteiger partial charge in [-0.05, 0) is 18.1 Å². The molecule has 1 aliphatic heterocycles. The molecule has 1 saturated heterocycles. The lowest BCUT2D eigenvalue weighted by atomic mass is 10.1. The first-order valence-electron chi connectivity index (χ1n) is 6.10. The highest BCUT2D eigenvalue weighted by Crippen LogP contribution is 2.22. The van der Waals surface area contributed by atoms with E-state index in [0.717, 1.165) is 43.7 Å². The number of benzene rings is 1. The van der Waals surface area contributed by atoms with Crippen molar-refractivity contribution in [1.29, 1.82) is 0 Å². The maximum Gasteiger partial charge on any atom is 0.146 e. The third-order valence-electron chi connectivity index (χ3n) is 3.18. The molecule has 1 aliphatic rings. The molecule has 1 heterocycles. The molecule has 0 aliphatic carbocycles. The molecule has 1 N–H and O–H groups in total. The Kier molecular flexibility index (Phi) is 4.37. The van der Waals surface area contributed by atoms with Crippen LogP contribution in [0, 0.1) is 5.82 Å². The second kappa shape index (κ2) is 5.80. The number of hydrogen-bond acceptors (Lipinski definition) is 2. The lowest BCUT2D eigenvalue weighted by Crippen LogP contribution is -2.43. The van der Waals surface area contributed by atoms with Crippen molar-refractivity contribution < 1.29 is 4.39 Å². The summed E-state index contributed by atoms with van der Waals surface area (Å²) in [4.78, 5) is 2.25. The third-order valence-corrected chi connectivity index (χ3v) is 3.45. The van der Waals surface area contributed by atoms with Crippen LogP contribution in [0.25, 0.3) is 0 Å². The molecule has 2 nitrogen and oxygen atoms in total. The highest BCUT2D eigenvalue weighted by molar-refractivity contribution is 6.30. The molecule has 2 rings (SSSR count). The van der Waals surface area contributed by atoms with Crippen molar-refractivity contribution in [3.63, 3.8) is 0 Å². The Morgan fingerprint density at radius 1 is 1.35 bits per heavy atom. The van der Waals surface area contributed by atoms with E-state index in [1.165, 1.54) is 0 Å². The van der Waals surface area contributed by atoms with Crippen molar-refractivity contribution >= 4 is 11.6 Å². The lowest BCUT2D eigenvalue weighted by molar-refractivity contribution is 0.230. The van der Waals surface area contributed by atoms with Crippen molar-refractivity contribution in [3.05, 3.63) is 34.1 Å². The van der Waals surface area contributed by atoms with Gasteiger partial charge in [-0.25, -0.2) is 4.39 Å². The fourth-order valence-corrected chi connectivity index (χ4v) is 2.40. The summed E-state index contributed by atoms with van der Waals surface area (Å²) in [6.07, 6.45) is 0.883. The van der Waals surface area contributed by atoms with Crippen LogP contribution in [-0.2, 0) is 13.0 Å². The van der Waals surface area contributed by atoms with Gasteiger partial charge in [-0.3, -0.25) is 4.90 Å². The van der Waals surface area contributed by atoms with Crippen LogP contribution in [0.3, 0.4) is 0 Å². The molecule has 17 heavy (non-hydrogen) atoms. The minimum Gasteiger partial charge on any atom is -0.314 e. The van der Waals surface area contributed by atoms with Gasteiger partial charge in [0.05, 0.1) is 5.02 Å². The summed E-state index contributed by atoms with van der Waals surface area (Å²) >= 11 is 5.91. The molecule has 0 spiro atoms. The molecule has 0 saturated carbocycles. The van der Waals surface area contributed by atoms with Gasteiger partial charge >= 0.3 is 0 Å². The average Bonchev–Trinajstić information content (AvgIpc) is 2.36. The summed E-state index contributed by atoms with van der Waals surface area (Å²) in [5.41, 5.74) is 1.82. The molecular weight excluding hydrogens is 239 g/mol. The van der Waals surface area contributed by atoms with Crippen LogP contribution < -0.4 is 5.32 Å². The Labute approximate surface area is 107 Å². The van der Waals surface area contributed by atoms with Crippen molar-refractivity contribution in [2.45, 2.75) is 19.9 Å². The van der Waals surface area contributed by atoms with Crippen LogP contribution >= 0.6 is 11.6 Å². The molecule has 0 amide bonds. The molecular formula is C13H18ClFN2. The first-order valence-corrected chi connectivity index (χ1v) is 6.48. The Morgan fingerprint density at radius 2 is 2.06 bits per heavy atom. The second-order valence-electron chi connectivity index (χ2n) is 4.43. The van der Waals surface area contributed by atoms with Gasteiger partial charge in [0.25, 0.3) is 0 Å². The molecule has 94 valence electrons. The first kappa shape index (κ1) is 12.8. The van der Waals surface area contributed by atoms with E-state index in [9.17, 15) is 4.39 Å². The number of nitrogens with one attached hydrogen (secondary N) is 1. The monoisotopic (exact) mass is 256 g/mol. The van der Waals surface area contributed by atoms with E-state index in [1.54, 1.807) is 6.07 Å². The number of hydrogen-bond donors (Lipinski definition) is 1. The van der Waals surface area contributed by atoms with E-state index in [-0.39, 0.29) is 10.8 Å². The van der Waals surface area contributed by atoms with Crippen molar-refractivity contribution in [2.24, 2.45) is 0 Å². The number of nitrogens with zero attached hydrogens (tertiary/aromatic N) is 1. The quantitative estimate of drug-likeness (QED) is 0.894. The Balaban J connectivity index is 2.15. The van der Waals surface area contributed by atoms with Crippen LogP contribution in [0.1, 0.15) is 18.1 Å².